The normalized spacial score (nSPS) is 35.4. The van der Waals surface area contributed by atoms with Crippen LogP contribution in [0.15, 0.2) is 0 Å². The fraction of sp³-hybridized carbons (Fsp3) is 0.875. The van der Waals surface area contributed by atoms with Crippen LogP contribution in [0.4, 0.5) is 0 Å². The van der Waals surface area contributed by atoms with Gasteiger partial charge in [0.25, 0.3) is 0 Å². The molecule has 0 bridgehead atoms. The predicted molar refractivity (Wildman–Crippen MR) is 71.5 cm³/mol. The van der Waals surface area contributed by atoms with Gasteiger partial charge in [-0.2, -0.15) is 0 Å². The van der Waals surface area contributed by atoms with Gasteiger partial charge >= 0.3 is 0 Å². The van der Waals surface area contributed by atoms with E-state index in [4.69, 9.17) is 6.42 Å². The van der Waals surface area contributed by atoms with Crippen LogP contribution < -0.4 is 0 Å². The van der Waals surface area contributed by atoms with Crippen molar-refractivity contribution in [3.63, 3.8) is 0 Å². The van der Waals surface area contributed by atoms with Gasteiger partial charge in [0.2, 0.25) is 0 Å². The largest absolute Gasteiger partial charge is 0.390 e. The topological polar surface area (TPSA) is 20.2 Å². The van der Waals surface area contributed by atoms with Crippen molar-refractivity contribution < 1.29 is 5.11 Å². The first-order chi connectivity index (χ1) is 8.26. The molecule has 2 atom stereocenters. The van der Waals surface area contributed by atoms with Gasteiger partial charge in [0, 0.05) is 6.42 Å². The standard InChI is InChI=1S/C16H26O/c1-2-3-12-16(17)13-8-7-11-15(16)14-9-5-4-6-10-14/h1,14-15,17H,3-13H2. The van der Waals surface area contributed by atoms with Gasteiger partial charge in [-0.1, -0.05) is 44.9 Å². The van der Waals surface area contributed by atoms with E-state index in [1.165, 1.54) is 51.4 Å². The maximum absolute atomic E-state index is 10.9. The van der Waals surface area contributed by atoms with E-state index in [1.807, 2.05) is 0 Å². The minimum atomic E-state index is -0.438. The van der Waals surface area contributed by atoms with Crippen molar-refractivity contribution in [2.75, 3.05) is 0 Å². The highest BCUT2D eigenvalue weighted by molar-refractivity contribution is 4.97. The number of aliphatic hydroxyl groups is 1. The minimum absolute atomic E-state index is 0.438. The van der Waals surface area contributed by atoms with Crippen LogP contribution in [0.25, 0.3) is 0 Å². The van der Waals surface area contributed by atoms with Gasteiger partial charge in [-0.15, -0.1) is 12.3 Å². The molecule has 0 spiro atoms. The second kappa shape index (κ2) is 5.91. The highest BCUT2D eigenvalue weighted by atomic mass is 16.3. The smallest absolute Gasteiger partial charge is 0.0687 e. The van der Waals surface area contributed by atoms with Gasteiger partial charge in [-0.3, -0.25) is 0 Å². The van der Waals surface area contributed by atoms with Gasteiger partial charge in [0.1, 0.15) is 0 Å². The van der Waals surface area contributed by atoms with Crippen molar-refractivity contribution in [1.82, 2.24) is 0 Å². The summed E-state index contributed by atoms with van der Waals surface area (Å²) >= 11 is 0. The fourth-order valence-corrected chi connectivity index (χ4v) is 4.06. The van der Waals surface area contributed by atoms with Crippen LogP contribution in [0.1, 0.15) is 70.6 Å². The van der Waals surface area contributed by atoms with Gasteiger partial charge < -0.3 is 5.11 Å². The lowest BCUT2D eigenvalue weighted by Crippen LogP contribution is -2.44. The summed E-state index contributed by atoms with van der Waals surface area (Å²) in [5, 5.41) is 10.9. The Morgan fingerprint density at radius 1 is 1.06 bits per heavy atom. The van der Waals surface area contributed by atoms with Crippen molar-refractivity contribution >= 4 is 0 Å². The molecule has 2 unspecified atom stereocenters. The van der Waals surface area contributed by atoms with Crippen molar-refractivity contribution in [3.8, 4) is 12.3 Å². The first kappa shape index (κ1) is 13.0. The Hall–Kier alpha value is -0.480. The Labute approximate surface area is 106 Å². The van der Waals surface area contributed by atoms with Crippen LogP contribution in [-0.2, 0) is 0 Å². The summed E-state index contributed by atoms with van der Waals surface area (Å²) in [6.45, 7) is 0. The molecule has 0 aromatic carbocycles. The van der Waals surface area contributed by atoms with E-state index in [9.17, 15) is 5.11 Å². The molecule has 1 heteroatoms. The summed E-state index contributed by atoms with van der Waals surface area (Å²) < 4.78 is 0. The quantitative estimate of drug-likeness (QED) is 0.734. The molecule has 2 aliphatic carbocycles. The van der Waals surface area contributed by atoms with Gasteiger partial charge in [0.05, 0.1) is 5.60 Å². The van der Waals surface area contributed by atoms with Gasteiger partial charge in [-0.25, -0.2) is 0 Å². The van der Waals surface area contributed by atoms with E-state index in [2.05, 4.69) is 5.92 Å². The molecule has 2 fully saturated rings. The van der Waals surface area contributed by atoms with Crippen LogP contribution in [0.2, 0.25) is 0 Å². The Bertz CT molecular complexity index is 272. The van der Waals surface area contributed by atoms with Crippen LogP contribution in [-0.4, -0.2) is 10.7 Å². The second-order valence-corrected chi connectivity index (χ2v) is 6.06. The number of hydrogen-bond acceptors (Lipinski definition) is 1. The van der Waals surface area contributed by atoms with Crippen molar-refractivity contribution in [2.24, 2.45) is 11.8 Å². The average molecular weight is 234 g/mol. The third kappa shape index (κ3) is 3.05. The van der Waals surface area contributed by atoms with E-state index < -0.39 is 5.60 Å². The lowest BCUT2D eigenvalue weighted by Gasteiger charge is -2.45. The SMILES string of the molecule is C#CCCC1(O)CCCCC1C1CCCCC1. The molecule has 0 amide bonds. The molecule has 0 heterocycles. The molecule has 0 aromatic heterocycles. The third-order valence-corrected chi connectivity index (χ3v) is 4.99. The summed E-state index contributed by atoms with van der Waals surface area (Å²) in [6.07, 6.45) is 18.4. The third-order valence-electron chi connectivity index (χ3n) is 4.99. The molecule has 1 nitrogen and oxygen atoms in total. The Morgan fingerprint density at radius 2 is 1.76 bits per heavy atom. The Balaban J connectivity index is 2.02. The predicted octanol–water partition coefficient (Wildman–Crippen LogP) is 3.90. The molecular weight excluding hydrogens is 208 g/mol. The van der Waals surface area contributed by atoms with Gasteiger partial charge in [0.15, 0.2) is 0 Å². The summed E-state index contributed by atoms with van der Waals surface area (Å²) in [5.41, 5.74) is -0.438. The molecule has 2 aliphatic rings. The molecule has 2 saturated carbocycles. The Morgan fingerprint density at radius 3 is 2.47 bits per heavy atom. The van der Waals surface area contributed by atoms with E-state index in [0.717, 1.165) is 25.2 Å². The molecule has 1 N–H and O–H groups in total. The van der Waals surface area contributed by atoms with E-state index in [1.54, 1.807) is 0 Å². The molecule has 0 saturated heterocycles. The lowest BCUT2D eigenvalue weighted by atomic mass is 9.64. The maximum Gasteiger partial charge on any atom is 0.0687 e. The molecule has 0 radical (unpaired) electrons. The molecule has 96 valence electrons. The molecule has 0 aliphatic heterocycles. The summed E-state index contributed by atoms with van der Waals surface area (Å²) in [7, 11) is 0. The van der Waals surface area contributed by atoms with E-state index in [0.29, 0.717) is 5.92 Å². The van der Waals surface area contributed by atoms with Crippen LogP contribution >= 0.6 is 0 Å². The minimum Gasteiger partial charge on any atom is -0.390 e. The van der Waals surface area contributed by atoms with Crippen LogP contribution in [0.5, 0.6) is 0 Å². The van der Waals surface area contributed by atoms with E-state index in [-0.39, 0.29) is 0 Å². The molecule has 17 heavy (non-hydrogen) atoms. The van der Waals surface area contributed by atoms with Crippen molar-refractivity contribution in [1.29, 1.82) is 0 Å². The van der Waals surface area contributed by atoms with Crippen molar-refractivity contribution in [3.05, 3.63) is 0 Å². The number of terminal acetylenes is 1. The zero-order valence-electron chi connectivity index (χ0n) is 11.0. The van der Waals surface area contributed by atoms with E-state index >= 15 is 0 Å². The molecule has 0 aromatic rings. The monoisotopic (exact) mass is 234 g/mol. The summed E-state index contributed by atoms with van der Waals surface area (Å²) in [5.74, 6) is 4.01. The highest BCUT2D eigenvalue weighted by Crippen LogP contribution is 2.45. The fourth-order valence-electron chi connectivity index (χ4n) is 4.06. The first-order valence-corrected chi connectivity index (χ1v) is 7.42. The lowest BCUT2D eigenvalue weighted by molar-refractivity contribution is -0.0818. The Kier molecular flexibility index (Phi) is 4.51. The zero-order valence-corrected chi connectivity index (χ0v) is 11.0. The second-order valence-electron chi connectivity index (χ2n) is 6.06. The number of hydrogen-bond donors (Lipinski definition) is 1. The first-order valence-electron chi connectivity index (χ1n) is 7.42. The van der Waals surface area contributed by atoms with Gasteiger partial charge in [-0.05, 0) is 31.1 Å². The maximum atomic E-state index is 10.9. The average Bonchev–Trinajstić information content (AvgIpc) is 2.38. The van der Waals surface area contributed by atoms with Crippen LogP contribution in [0, 0.1) is 24.2 Å². The summed E-state index contributed by atoms with van der Waals surface area (Å²) in [4.78, 5) is 0. The summed E-state index contributed by atoms with van der Waals surface area (Å²) in [6, 6.07) is 0. The zero-order chi connectivity index (χ0) is 12.1. The van der Waals surface area contributed by atoms with Crippen LogP contribution in [0.3, 0.4) is 0 Å². The van der Waals surface area contributed by atoms with Crippen molar-refractivity contribution in [2.45, 2.75) is 76.2 Å². The number of rotatable bonds is 3. The molecule has 2 rings (SSSR count). The molecular formula is C16H26O. The highest BCUT2D eigenvalue weighted by Gasteiger charge is 2.42.